The molecule has 0 bridgehead atoms. The number of carbonyl (C=O) groups excluding carboxylic acids is 1. The Morgan fingerprint density at radius 2 is 1.84 bits per heavy atom. The number of urea groups is 1. The maximum atomic E-state index is 12.8. The molecule has 32 heavy (non-hydrogen) atoms. The summed E-state index contributed by atoms with van der Waals surface area (Å²) in [5, 5.41) is 0. The lowest BCUT2D eigenvalue weighted by Gasteiger charge is -2.30. The van der Waals surface area contributed by atoms with Crippen molar-refractivity contribution in [2.75, 3.05) is 26.2 Å². The Labute approximate surface area is 186 Å². The Morgan fingerprint density at radius 3 is 2.59 bits per heavy atom. The molecule has 5 rings (SSSR count). The van der Waals surface area contributed by atoms with Crippen LogP contribution in [0.1, 0.15) is 38.4 Å². The van der Waals surface area contributed by atoms with Crippen LogP contribution < -0.4 is 4.74 Å². The smallest absolute Gasteiger partial charge is 0.320 e. The van der Waals surface area contributed by atoms with Crippen LogP contribution in [0.3, 0.4) is 0 Å². The van der Waals surface area contributed by atoms with Crippen LogP contribution in [0, 0.1) is 6.92 Å². The van der Waals surface area contributed by atoms with Crippen LogP contribution in [-0.2, 0) is 6.54 Å². The number of fused-ring (bicyclic) bond motifs is 1. The summed E-state index contributed by atoms with van der Waals surface area (Å²) >= 11 is 0. The van der Waals surface area contributed by atoms with Crippen molar-refractivity contribution in [3.63, 3.8) is 0 Å². The van der Waals surface area contributed by atoms with E-state index in [9.17, 15) is 4.79 Å². The molecular weight excluding hydrogens is 408 g/mol. The number of piperidine rings is 1. The number of aryl methyl sites for hydroxylation is 2. The fraction of sp³-hybridized carbons (Fsp3) is 0.545. The van der Waals surface area contributed by atoms with Crippen LogP contribution in [0.2, 0.25) is 0 Å². The average molecular weight is 437 g/mol. The summed E-state index contributed by atoms with van der Waals surface area (Å²) in [7, 11) is 0. The molecule has 1 atom stereocenters. The van der Waals surface area contributed by atoms with Crippen LogP contribution in [0.25, 0.3) is 22.6 Å². The standard InChI is InChI=1S/C22H28N8O2/c1-3-30-19(16-11-23-15(2)24-12-16)27-18-20(30)25-14-26-21(18)32-17-7-10-29(13-17)22(31)28-8-5-4-6-9-28/h11-12,14,17H,3-10,13H2,1-2H3. The molecule has 1 unspecified atom stereocenters. The highest BCUT2D eigenvalue weighted by molar-refractivity contribution is 5.81. The fourth-order valence-corrected chi connectivity index (χ4v) is 4.47. The van der Waals surface area contributed by atoms with E-state index in [4.69, 9.17) is 9.72 Å². The number of nitrogens with zero attached hydrogens (tertiary/aromatic N) is 8. The van der Waals surface area contributed by atoms with E-state index in [1.807, 2.05) is 28.2 Å². The van der Waals surface area contributed by atoms with Gasteiger partial charge in [-0.05, 0) is 33.1 Å². The van der Waals surface area contributed by atoms with E-state index in [0.29, 0.717) is 42.5 Å². The van der Waals surface area contributed by atoms with E-state index in [2.05, 4.69) is 19.9 Å². The molecule has 5 heterocycles. The van der Waals surface area contributed by atoms with Crippen LogP contribution in [0.4, 0.5) is 4.79 Å². The van der Waals surface area contributed by atoms with Crippen LogP contribution in [-0.4, -0.2) is 77.6 Å². The zero-order valence-electron chi connectivity index (χ0n) is 18.6. The molecule has 3 aromatic rings. The van der Waals surface area contributed by atoms with Gasteiger partial charge in [0.15, 0.2) is 11.2 Å². The number of likely N-dealkylation sites (tertiary alicyclic amines) is 2. The number of rotatable bonds is 4. The van der Waals surface area contributed by atoms with E-state index < -0.39 is 0 Å². The predicted molar refractivity (Wildman–Crippen MR) is 118 cm³/mol. The second-order valence-electron chi connectivity index (χ2n) is 8.35. The Bertz CT molecular complexity index is 1110. The molecule has 10 heteroatoms. The van der Waals surface area contributed by atoms with Gasteiger partial charge in [0.1, 0.15) is 24.1 Å². The van der Waals surface area contributed by atoms with Crippen molar-refractivity contribution in [1.29, 1.82) is 0 Å². The number of aromatic nitrogens is 6. The highest BCUT2D eigenvalue weighted by atomic mass is 16.5. The first-order valence-electron chi connectivity index (χ1n) is 11.3. The molecule has 2 saturated heterocycles. The minimum atomic E-state index is -0.111. The summed E-state index contributed by atoms with van der Waals surface area (Å²) in [6, 6.07) is 0.126. The van der Waals surface area contributed by atoms with Gasteiger partial charge in [0, 0.05) is 45.0 Å². The minimum Gasteiger partial charge on any atom is -0.471 e. The number of amides is 2. The molecule has 2 aliphatic heterocycles. The Morgan fingerprint density at radius 1 is 1.06 bits per heavy atom. The van der Waals surface area contributed by atoms with Crippen LogP contribution in [0.15, 0.2) is 18.7 Å². The van der Waals surface area contributed by atoms with Crippen molar-refractivity contribution in [3.05, 3.63) is 24.5 Å². The zero-order chi connectivity index (χ0) is 22.1. The predicted octanol–water partition coefficient (Wildman–Crippen LogP) is 2.67. The van der Waals surface area contributed by atoms with Gasteiger partial charge in [-0.15, -0.1) is 0 Å². The third kappa shape index (κ3) is 3.85. The van der Waals surface area contributed by atoms with Gasteiger partial charge < -0.3 is 19.1 Å². The van der Waals surface area contributed by atoms with E-state index >= 15 is 0 Å². The Hall–Kier alpha value is -3.30. The lowest BCUT2D eigenvalue weighted by Crippen LogP contribution is -2.45. The van der Waals surface area contributed by atoms with Gasteiger partial charge in [-0.3, -0.25) is 0 Å². The van der Waals surface area contributed by atoms with Gasteiger partial charge in [0.2, 0.25) is 5.88 Å². The van der Waals surface area contributed by atoms with Gasteiger partial charge in [-0.2, -0.15) is 4.98 Å². The molecule has 2 amide bonds. The van der Waals surface area contributed by atoms with Gasteiger partial charge in [-0.1, -0.05) is 0 Å². The molecule has 10 nitrogen and oxygen atoms in total. The first kappa shape index (κ1) is 20.6. The summed E-state index contributed by atoms with van der Waals surface area (Å²) in [5.41, 5.74) is 2.15. The van der Waals surface area contributed by atoms with Gasteiger partial charge in [0.25, 0.3) is 0 Å². The normalized spacial score (nSPS) is 19.0. The Balaban J connectivity index is 1.37. The van der Waals surface area contributed by atoms with E-state index in [1.165, 1.54) is 12.7 Å². The van der Waals surface area contributed by atoms with Crippen molar-refractivity contribution >= 4 is 17.2 Å². The maximum Gasteiger partial charge on any atom is 0.320 e. The summed E-state index contributed by atoms with van der Waals surface area (Å²) in [6.07, 6.45) is 9.10. The van der Waals surface area contributed by atoms with Crippen LogP contribution in [0.5, 0.6) is 5.88 Å². The number of imidazole rings is 1. The monoisotopic (exact) mass is 436 g/mol. The topological polar surface area (TPSA) is 102 Å². The zero-order valence-corrected chi connectivity index (χ0v) is 18.6. The molecule has 2 fully saturated rings. The quantitative estimate of drug-likeness (QED) is 0.619. The minimum absolute atomic E-state index is 0.111. The molecule has 0 radical (unpaired) electrons. The maximum absolute atomic E-state index is 12.8. The highest BCUT2D eigenvalue weighted by Gasteiger charge is 2.32. The van der Waals surface area contributed by atoms with Crippen molar-refractivity contribution in [1.82, 2.24) is 39.3 Å². The SMILES string of the molecule is CCn1c(-c2cnc(C)nc2)nc2c(OC3CCN(C(=O)N4CCCCC4)C3)ncnc21. The molecule has 0 saturated carbocycles. The fourth-order valence-electron chi connectivity index (χ4n) is 4.47. The number of carbonyl (C=O) groups is 1. The van der Waals surface area contributed by atoms with Gasteiger partial charge in [0.05, 0.1) is 12.1 Å². The summed E-state index contributed by atoms with van der Waals surface area (Å²) in [5.74, 6) is 1.90. The molecule has 2 aliphatic rings. The van der Waals surface area contributed by atoms with E-state index in [-0.39, 0.29) is 12.1 Å². The number of hydrogen-bond donors (Lipinski definition) is 0. The molecular formula is C22H28N8O2. The third-order valence-corrected chi connectivity index (χ3v) is 6.17. The van der Waals surface area contributed by atoms with Crippen molar-refractivity contribution in [2.45, 2.75) is 52.2 Å². The number of ether oxygens (including phenoxy) is 1. The van der Waals surface area contributed by atoms with Crippen LogP contribution >= 0.6 is 0 Å². The molecule has 168 valence electrons. The summed E-state index contributed by atoms with van der Waals surface area (Å²) < 4.78 is 8.27. The van der Waals surface area contributed by atoms with E-state index in [1.54, 1.807) is 12.4 Å². The average Bonchev–Trinajstić information content (AvgIpc) is 3.45. The van der Waals surface area contributed by atoms with Crippen molar-refractivity contribution in [2.24, 2.45) is 0 Å². The second-order valence-corrected chi connectivity index (χ2v) is 8.35. The molecule has 0 aromatic carbocycles. The second kappa shape index (κ2) is 8.68. The third-order valence-electron chi connectivity index (χ3n) is 6.17. The first-order valence-corrected chi connectivity index (χ1v) is 11.3. The van der Waals surface area contributed by atoms with Gasteiger partial charge in [-0.25, -0.2) is 24.7 Å². The van der Waals surface area contributed by atoms with Crippen molar-refractivity contribution in [3.8, 4) is 17.3 Å². The first-order chi connectivity index (χ1) is 15.6. The summed E-state index contributed by atoms with van der Waals surface area (Å²) in [6.45, 7) is 7.56. The largest absolute Gasteiger partial charge is 0.471 e. The Kier molecular flexibility index (Phi) is 5.59. The number of hydrogen-bond acceptors (Lipinski definition) is 7. The molecule has 3 aromatic heterocycles. The summed E-state index contributed by atoms with van der Waals surface area (Å²) in [4.78, 5) is 38.9. The highest BCUT2D eigenvalue weighted by Crippen LogP contribution is 2.29. The lowest BCUT2D eigenvalue weighted by atomic mass is 10.1. The van der Waals surface area contributed by atoms with Crippen molar-refractivity contribution < 1.29 is 9.53 Å². The lowest BCUT2D eigenvalue weighted by molar-refractivity contribution is 0.143. The molecule has 0 N–H and O–H groups in total. The van der Waals surface area contributed by atoms with Gasteiger partial charge >= 0.3 is 6.03 Å². The molecule has 0 spiro atoms. The van der Waals surface area contributed by atoms with E-state index in [0.717, 1.165) is 43.7 Å². The molecule has 0 aliphatic carbocycles.